The summed E-state index contributed by atoms with van der Waals surface area (Å²) in [6.45, 7) is 5.83. The average molecular weight is 598 g/mol. The first-order valence-electron chi connectivity index (χ1n) is 15.2. The summed E-state index contributed by atoms with van der Waals surface area (Å²) < 4.78 is 28.6. The molecule has 3 fully saturated rings. The average Bonchev–Trinajstić information content (AvgIpc) is 3.03. The highest BCUT2D eigenvalue weighted by atomic mass is 32.2. The third-order valence-corrected chi connectivity index (χ3v) is 9.89. The lowest BCUT2D eigenvalue weighted by Crippen LogP contribution is -2.46. The third-order valence-electron chi connectivity index (χ3n) is 8.84. The van der Waals surface area contributed by atoms with Gasteiger partial charge in [-0.2, -0.15) is 11.8 Å². The predicted molar refractivity (Wildman–Crippen MR) is 163 cm³/mol. The van der Waals surface area contributed by atoms with E-state index in [1.807, 2.05) is 23.9 Å². The third kappa shape index (κ3) is 6.74. The minimum atomic E-state index is -0.559. The molecule has 2 saturated heterocycles. The van der Waals surface area contributed by atoms with Crippen molar-refractivity contribution < 1.29 is 13.9 Å². The van der Waals surface area contributed by atoms with Crippen molar-refractivity contribution in [2.75, 3.05) is 51.0 Å². The van der Waals surface area contributed by atoms with Gasteiger partial charge in [-0.15, -0.1) is 0 Å². The fourth-order valence-electron chi connectivity index (χ4n) is 6.42. The molecule has 9 nitrogen and oxygen atoms in total. The molecule has 0 atom stereocenters. The highest BCUT2D eigenvalue weighted by Crippen LogP contribution is 2.30. The second-order valence-electron chi connectivity index (χ2n) is 11.5. The maximum Gasteiger partial charge on any atom is 0.333 e. The van der Waals surface area contributed by atoms with Crippen molar-refractivity contribution in [1.82, 2.24) is 24.3 Å². The van der Waals surface area contributed by atoms with E-state index in [-0.39, 0.29) is 23.2 Å². The smallest absolute Gasteiger partial charge is 0.333 e. The number of hydrogen-bond donors (Lipinski definition) is 1. The van der Waals surface area contributed by atoms with E-state index < -0.39 is 11.4 Å². The molecule has 1 N–H and O–H groups in total. The summed E-state index contributed by atoms with van der Waals surface area (Å²) in [4.78, 5) is 33.9. The van der Waals surface area contributed by atoms with Crippen LogP contribution in [0.25, 0.3) is 11.0 Å². The second kappa shape index (κ2) is 13.7. The molecule has 4 heterocycles. The maximum absolute atomic E-state index is 14.2. The van der Waals surface area contributed by atoms with Gasteiger partial charge in [0.1, 0.15) is 23.8 Å². The van der Waals surface area contributed by atoms with Crippen molar-refractivity contribution >= 4 is 22.8 Å². The van der Waals surface area contributed by atoms with Crippen LogP contribution in [0.15, 0.2) is 46.1 Å². The first-order valence-corrected chi connectivity index (χ1v) is 16.4. The van der Waals surface area contributed by atoms with Crippen molar-refractivity contribution in [2.24, 2.45) is 0 Å². The summed E-state index contributed by atoms with van der Waals surface area (Å²) in [6, 6.07) is 9.55. The number of pyridine rings is 1. The Labute approximate surface area is 249 Å². The van der Waals surface area contributed by atoms with Crippen molar-refractivity contribution in [1.29, 1.82) is 0 Å². The van der Waals surface area contributed by atoms with Crippen LogP contribution < -0.4 is 21.3 Å². The van der Waals surface area contributed by atoms with Crippen LogP contribution in [0, 0.1) is 5.82 Å². The first-order chi connectivity index (χ1) is 20.6. The molecule has 0 spiro atoms. The van der Waals surface area contributed by atoms with Gasteiger partial charge in [0.05, 0.1) is 24.8 Å². The molecule has 11 heteroatoms. The summed E-state index contributed by atoms with van der Waals surface area (Å²) in [6.07, 6.45) is 5.95. The Morgan fingerprint density at radius 2 is 1.69 bits per heavy atom. The Hall–Kier alpha value is -2.73. The van der Waals surface area contributed by atoms with Crippen molar-refractivity contribution in [2.45, 2.75) is 63.2 Å². The van der Waals surface area contributed by atoms with Gasteiger partial charge < -0.3 is 14.8 Å². The van der Waals surface area contributed by atoms with Crippen molar-refractivity contribution in [3.8, 4) is 5.75 Å². The zero-order valence-corrected chi connectivity index (χ0v) is 24.8. The number of halogens is 1. The Kier molecular flexibility index (Phi) is 9.58. The van der Waals surface area contributed by atoms with E-state index in [1.165, 1.54) is 16.2 Å². The van der Waals surface area contributed by atoms with Crippen LogP contribution in [0.4, 0.5) is 4.39 Å². The van der Waals surface area contributed by atoms with E-state index in [9.17, 15) is 14.0 Å². The van der Waals surface area contributed by atoms with Gasteiger partial charge in [-0.25, -0.2) is 14.2 Å². The van der Waals surface area contributed by atoms with E-state index in [2.05, 4.69) is 27.3 Å². The predicted octanol–water partition coefficient (Wildman–Crippen LogP) is 3.75. The number of benzene rings is 1. The summed E-state index contributed by atoms with van der Waals surface area (Å²) in [5.41, 5.74) is 0.772. The highest BCUT2D eigenvalue weighted by molar-refractivity contribution is 7.99. The lowest BCUT2D eigenvalue weighted by molar-refractivity contribution is 0.0322. The maximum atomic E-state index is 14.2. The Morgan fingerprint density at radius 3 is 2.43 bits per heavy atom. The van der Waals surface area contributed by atoms with Crippen LogP contribution >= 0.6 is 11.8 Å². The molecule has 42 heavy (non-hydrogen) atoms. The molecular formula is C31H40FN5O4S. The number of hydrogen-bond acceptors (Lipinski definition) is 8. The number of aromatic nitrogens is 3. The normalized spacial score (nSPS) is 22.4. The molecule has 226 valence electrons. The summed E-state index contributed by atoms with van der Waals surface area (Å²) in [5.74, 6) is 2.23. The first kappa shape index (κ1) is 29.3. The highest BCUT2D eigenvalue weighted by Gasteiger charge is 2.29. The van der Waals surface area contributed by atoms with Gasteiger partial charge in [-0.1, -0.05) is 12.1 Å². The lowest BCUT2D eigenvalue weighted by Gasteiger charge is -2.31. The van der Waals surface area contributed by atoms with Crippen molar-refractivity contribution in [3.05, 3.63) is 68.7 Å². The van der Waals surface area contributed by atoms with Gasteiger partial charge in [0, 0.05) is 44.3 Å². The minimum Gasteiger partial charge on any atom is -0.492 e. The topological polar surface area (TPSA) is 90.6 Å². The van der Waals surface area contributed by atoms with Crippen LogP contribution in [-0.2, 0) is 11.3 Å². The summed E-state index contributed by atoms with van der Waals surface area (Å²) in [5, 5.41) is 3.85. The molecule has 1 aliphatic carbocycles. The lowest BCUT2D eigenvalue weighted by atomic mass is 9.90. The van der Waals surface area contributed by atoms with E-state index in [1.54, 1.807) is 4.57 Å². The molecule has 1 saturated carbocycles. The molecule has 0 unspecified atom stereocenters. The molecule has 0 bridgehead atoms. The van der Waals surface area contributed by atoms with Gasteiger partial charge in [0.25, 0.3) is 5.56 Å². The van der Waals surface area contributed by atoms with E-state index in [4.69, 9.17) is 9.47 Å². The van der Waals surface area contributed by atoms with Crippen LogP contribution in [-0.4, -0.2) is 76.0 Å². The van der Waals surface area contributed by atoms with Gasteiger partial charge in [-0.05, 0) is 73.8 Å². The quantitative estimate of drug-likeness (QED) is 0.399. The van der Waals surface area contributed by atoms with Gasteiger partial charge in [0.15, 0.2) is 0 Å². The zero-order valence-electron chi connectivity index (χ0n) is 24.0. The number of thioether (sulfide) groups is 1. The fourth-order valence-corrected chi connectivity index (χ4v) is 7.50. The summed E-state index contributed by atoms with van der Waals surface area (Å²) >= 11 is 1.87. The molecule has 2 aromatic heterocycles. The Morgan fingerprint density at radius 1 is 0.976 bits per heavy atom. The number of rotatable bonds is 9. The molecule has 1 aromatic carbocycles. The molecule has 3 aliphatic rings. The number of ether oxygens (including phenoxy) is 2. The molecule has 3 aromatic rings. The van der Waals surface area contributed by atoms with Gasteiger partial charge in [-0.3, -0.25) is 18.8 Å². The van der Waals surface area contributed by atoms with Crippen molar-refractivity contribution in [3.63, 3.8) is 0 Å². The monoisotopic (exact) mass is 597 g/mol. The number of nitrogens with one attached hydrogen (secondary N) is 1. The Balaban J connectivity index is 1.06. The van der Waals surface area contributed by atoms with Crippen LogP contribution in [0.1, 0.15) is 56.2 Å². The van der Waals surface area contributed by atoms with Gasteiger partial charge in [0.2, 0.25) is 0 Å². The molecule has 2 aliphatic heterocycles. The fraction of sp³-hybridized carbons (Fsp3) is 0.581. The zero-order chi connectivity index (χ0) is 28.9. The number of fused-ring (bicyclic) bond motifs is 1. The number of morpholine rings is 1. The standard InChI is InChI=1S/C31H40FN5O4S/c32-23-19-28-29(34-21-23)36(26-9-17-42-18-10-26)31(39)37(30(28)38)25-5-3-24(4-6-25)33-20-22-1-7-27(8-2-22)41-16-13-35-11-14-40-15-12-35/h1-2,7-8,19,21,24-26,33H,3-6,9-18,20H2/t24-,25+. The SMILES string of the molecule is O=c1c2cc(F)cnc2n(C2CCSCC2)c(=O)n1[C@H]1CC[C@@H](NCc2ccc(OCCN3CCOCC3)cc2)CC1. The van der Waals surface area contributed by atoms with Crippen LogP contribution in [0.3, 0.4) is 0 Å². The summed E-state index contributed by atoms with van der Waals surface area (Å²) in [7, 11) is 0. The largest absolute Gasteiger partial charge is 0.492 e. The molecule has 0 amide bonds. The van der Waals surface area contributed by atoms with E-state index in [0.717, 1.165) is 101 Å². The van der Waals surface area contributed by atoms with Gasteiger partial charge >= 0.3 is 5.69 Å². The second-order valence-corrected chi connectivity index (χ2v) is 12.8. The molecule has 0 radical (unpaired) electrons. The van der Waals surface area contributed by atoms with E-state index >= 15 is 0 Å². The molecular weight excluding hydrogens is 557 g/mol. The number of nitrogens with zero attached hydrogens (tertiary/aromatic N) is 4. The van der Waals surface area contributed by atoms with E-state index in [0.29, 0.717) is 18.3 Å². The van der Waals surface area contributed by atoms with Crippen LogP contribution in [0.5, 0.6) is 5.75 Å². The minimum absolute atomic E-state index is 0.0226. The van der Waals surface area contributed by atoms with Crippen LogP contribution in [0.2, 0.25) is 0 Å². The molecule has 6 rings (SSSR count). The Bertz CT molecular complexity index is 1460.